The minimum Gasteiger partial charge on any atom is -0.481 e. The topological polar surface area (TPSA) is 66.8 Å². The molecule has 0 aliphatic carbocycles. The summed E-state index contributed by atoms with van der Waals surface area (Å²) in [5.74, 6) is -1.48. The Morgan fingerprint density at radius 2 is 1.94 bits per heavy atom. The Hall–Kier alpha value is -1.88. The lowest BCUT2D eigenvalue weighted by Gasteiger charge is -2.38. The summed E-state index contributed by atoms with van der Waals surface area (Å²) in [6.45, 7) is 0.529. The van der Waals surface area contributed by atoms with Crippen LogP contribution in [-0.2, 0) is 14.3 Å². The molecule has 1 aromatic rings. The lowest BCUT2D eigenvalue weighted by molar-refractivity contribution is -0.158. The number of likely N-dealkylation sites (tertiary alicyclic amines) is 1. The SMILES string of the molecule is COC(C(=O)N1CC(C(=O)O)C1)c1ccccc1. The predicted octanol–water partition coefficient (Wildman–Crippen LogP) is 0.917. The van der Waals surface area contributed by atoms with Crippen molar-refractivity contribution in [3.8, 4) is 0 Å². The minimum atomic E-state index is -0.854. The summed E-state index contributed by atoms with van der Waals surface area (Å²) >= 11 is 0. The van der Waals surface area contributed by atoms with Gasteiger partial charge in [-0.25, -0.2) is 0 Å². The van der Waals surface area contributed by atoms with Gasteiger partial charge in [0, 0.05) is 20.2 Å². The van der Waals surface area contributed by atoms with Crippen molar-refractivity contribution in [3.05, 3.63) is 35.9 Å². The molecule has 5 heteroatoms. The molecule has 1 atom stereocenters. The zero-order valence-electron chi connectivity index (χ0n) is 10.1. The van der Waals surface area contributed by atoms with E-state index in [0.29, 0.717) is 0 Å². The van der Waals surface area contributed by atoms with Crippen LogP contribution in [0, 0.1) is 5.92 Å². The molecule has 1 saturated heterocycles. The van der Waals surface area contributed by atoms with E-state index in [0.717, 1.165) is 5.56 Å². The third-order valence-electron chi connectivity index (χ3n) is 3.10. The number of aliphatic carboxylic acids is 1. The summed E-state index contributed by atoms with van der Waals surface area (Å²) in [6.07, 6.45) is -0.652. The van der Waals surface area contributed by atoms with Gasteiger partial charge in [0.15, 0.2) is 6.10 Å². The summed E-state index contributed by atoms with van der Waals surface area (Å²) in [6, 6.07) is 9.18. The molecule has 1 aromatic carbocycles. The van der Waals surface area contributed by atoms with Crippen LogP contribution in [0.15, 0.2) is 30.3 Å². The van der Waals surface area contributed by atoms with Crippen molar-refractivity contribution in [1.82, 2.24) is 4.90 Å². The van der Waals surface area contributed by atoms with Crippen LogP contribution < -0.4 is 0 Å². The molecule has 1 unspecified atom stereocenters. The van der Waals surface area contributed by atoms with Crippen molar-refractivity contribution in [1.29, 1.82) is 0 Å². The summed E-state index contributed by atoms with van der Waals surface area (Å²) in [4.78, 5) is 24.3. The lowest BCUT2D eigenvalue weighted by atomic mass is 9.98. The van der Waals surface area contributed by atoms with Gasteiger partial charge in [0.25, 0.3) is 5.91 Å². The molecule has 1 N–H and O–H groups in total. The Morgan fingerprint density at radius 3 is 2.44 bits per heavy atom. The van der Waals surface area contributed by atoms with Crippen LogP contribution in [0.4, 0.5) is 0 Å². The molecular formula is C13H15NO4. The molecule has 1 fully saturated rings. The van der Waals surface area contributed by atoms with E-state index >= 15 is 0 Å². The van der Waals surface area contributed by atoms with Gasteiger partial charge in [-0.3, -0.25) is 9.59 Å². The molecule has 0 aromatic heterocycles. The average Bonchev–Trinajstić information content (AvgIpc) is 2.29. The maximum Gasteiger partial charge on any atom is 0.310 e. The Labute approximate surface area is 105 Å². The van der Waals surface area contributed by atoms with Gasteiger partial charge in [-0.1, -0.05) is 30.3 Å². The van der Waals surface area contributed by atoms with E-state index in [-0.39, 0.29) is 19.0 Å². The van der Waals surface area contributed by atoms with Gasteiger partial charge in [-0.05, 0) is 5.56 Å². The van der Waals surface area contributed by atoms with E-state index in [1.807, 2.05) is 30.3 Å². The largest absolute Gasteiger partial charge is 0.481 e. The average molecular weight is 249 g/mol. The van der Waals surface area contributed by atoms with Gasteiger partial charge in [0.2, 0.25) is 0 Å². The normalized spacial score (nSPS) is 17.1. The number of hydrogen-bond donors (Lipinski definition) is 1. The molecule has 1 aliphatic heterocycles. The van der Waals surface area contributed by atoms with Gasteiger partial charge < -0.3 is 14.7 Å². The third-order valence-corrected chi connectivity index (χ3v) is 3.10. The van der Waals surface area contributed by atoms with Crippen molar-refractivity contribution >= 4 is 11.9 Å². The monoisotopic (exact) mass is 249 g/mol. The number of carboxylic acid groups (broad SMARTS) is 1. The fraction of sp³-hybridized carbons (Fsp3) is 0.385. The van der Waals surface area contributed by atoms with Crippen LogP contribution in [0.2, 0.25) is 0 Å². The van der Waals surface area contributed by atoms with E-state index in [1.54, 1.807) is 0 Å². The highest BCUT2D eigenvalue weighted by Crippen LogP contribution is 2.24. The first-order chi connectivity index (χ1) is 8.63. The molecule has 18 heavy (non-hydrogen) atoms. The number of carbonyl (C=O) groups excluding carboxylic acids is 1. The van der Waals surface area contributed by atoms with Crippen molar-refractivity contribution in [2.24, 2.45) is 5.92 Å². The van der Waals surface area contributed by atoms with E-state index in [2.05, 4.69) is 0 Å². The Bertz CT molecular complexity index is 440. The van der Waals surface area contributed by atoms with Crippen LogP contribution in [0.25, 0.3) is 0 Å². The quantitative estimate of drug-likeness (QED) is 0.861. The molecular weight excluding hydrogens is 234 g/mol. The highest BCUT2D eigenvalue weighted by Gasteiger charge is 2.38. The number of ether oxygens (including phenoxy) is 1. The van der Waals surface area contributed by atoms with Crippen molar-refractivity contribution < 1.29 is 19.4 Å². The Balaban J connectivity index is 2.02. The molecule has 1 amide bonds. The standard InChI is InChI=1S/C13H15NO4/c1-18-11(9-5-3-2-4-6-9)12(15)14-7-10(8-14)13(16)17/h2-6,10-11H,7-8H2,1H3,(H,16,17). The maximum atomic E-state index is 12.1. The number of carboxylic acids is 1. The number of rotatable bonds is 4. The van der Waals surface area contributed by atoms with Gasteiger partial charge in [0.05, 0.1) is 5.92 Å². The van der Waals surface area contributed by atoms with Crippen molar-refractivity contribution in [2.75, 3.05) is 20.2 Å². The summed E-state index contributed by atoms with van der Waals surface area (Å²) < 4.78 is 5.21. The number of amides is 1. The second kappa shape index (κ2) is 5.18. The van der Waals surface area contributed by atoms with Crippen LogP contribution >= 0.6 is 0 Å². The molecule has 1 aliphatic rings. The van der Waals surface area contributed by atoms with Crippen molar-refractivity contribution in [3.63, 3.8) is 0 Å². The van der Waals surface area contributed by atoms with Gasteiger partial charge >= 0.3 is 5.97 Å². The molecule has 0 radical (unpaired) electrons. The van der Waals surface area contributed by atoms with Gasteiger partial charge in [-0.2, -0.15) is 0 Å². The summed E-state index contributed by atoms with van der Waals surface area (Å²) in [7, 11) is 1.48. The van der Waals surface area contributed by atoms with E-state index in [9.17, 15) is 9.59 Å². The molecule has 2 rings (SSSR count). The second-order valence-corrected chi connectivity index (χ2v) is 4.30. The first kappa shape index (κ1) is 12.6. The number of methoxy groups -OCH3 is 1. The number of hydrogen-bond acceptors (Lipinski definition) is 3. The minimum absolute atomic E-state index is 0.179. The van der Waals surface area contributed by atoms with E-state index < -0.39 is 18.0 Å². The van der Waals surface area contributed by atoms with E-state index in [4.69, 9.17) is 9.84 Å². The number of carbonyl (C=O) groups is 2. The second-order valence-electron chi connectivity index (χ2n) is 4.30. The first-order valence-corrected chi connectivity index (χ1v) is 5.73. The number of nitrogens with zero attached hydrogens (tertiary/aromatic N) is 1. The predicted molar refractivity (Wildman–Crippen MR) is 63.9 cm³/mol. The first-order valence-electron chi connectivity index (χ1n) is 5.73. The fourth-order valence-corrected chi connectivity index (χ4v) is 1.99. The third kappa shape index (κ3) is 2.36. The number of benzene rings is 1. The van der Waals surface area contributed by atoms with Gasteiger partial charge in [0.1, 0.15) is 0 Å². The zero-order valence-corrected chi connectivity index (χ0v) is 10.1. The van der Waals surface area contributed by atoms with E-state index in [1.165, 1.54) is 12.0 Å². The fourth-order valence-electron chi connectivity index (χ4n) is 1.99. The smallest absolute Gasteiger partial charge is 0.310 e. The summed E-state index contributed by atoms with van der Waals surface area (Å²) in [5.41, 5.74) is 0.781. The molecule has 5 nitrogen and oxygen atoms in total. The Morgan fingerprint density at radius 1 is 1.33 bits per heavy atom. The van der Waals surface area contributed by atoms with Crippen LogP contribution in [0.5, 0.6) is 0 Å². The molecule has 1 heterocycles. The molecule has 0 spiro atoms. The molecule has 96 valence electrons. The van der Waals surface area contributed by atoms with Gasteiger partial charge in [-0.15, -0.1) is 0 Å². The van der Waals surface area contributed by atoms with Crippen LogP contribution in [0.1, 0.15) is 11.7 Å². The van der Waals surface area contributed by atoms with Crippen molar-refractivity contribution in [2.45, 2.75) is 6.10 Å². The lowest BCUT2D eigenvalue weighted by Crippen LogP contribution is -2.54. The highest BCUT2D eigenvalue weighted by atomic mass is 16.5. The Kier molecular flexibility index (Phi) is 3.62. The molecule has 0 bridgehead atoms. The highest BCUT2D eigenvalue weighted by molar-refractivity contribution is 5.85. The molecule has 0 saturated carbocycles. The van der Waals surface area contributed by atoms with Crippen LogP contribution in [-0.4, -0.2) is 42.1 Å². The summed E-state index contributed by atoms with van der Waals surface area (Å²) in [5, 5.41) is 8.78. The van der Waals surface area contributed by atoms with Crippen LogP contribution in [0.3, 0.4) is 0 Å². The zero-order chi connectivity index (χ0) is 13.1. The maximum absolute atomic E-state index is 12.1.